The molecule has 2 aliphatic rings. The Morgan fingerprint density at radius 1 is 1.23 bits per heavy atom. The summed E-state index contributed by atoms with van der Waals surface area (Å²) in [5.41, 5.74) is 0.558. The van der Waals surface area contributed by atoms with E-state index in [4.69, 9.17) is 0 Å². The lowest BCUT2D eigenvalue weighted by atomic mass is 9.76. The normalized spacial score (nSPS) is 21.9. The van der Waals surface area contributed by atoms with Gasteiger partial charge in [0.15, 0.2) is 0 Å². The summed E-state index contributed by atoms with van der Waals surface area (Å²) in [6.45, 7) is 4.41. The van der Waals surface area contributed by atoms with Gasteiger partial charge in [0.2, 0.25) is 5.91 Å². The molecule has 2 heterocycles. The van der Waals surface area contributed by atoms with Crippen LogP contribution in [0.3, 0.4) is 0 Å². The third kappa shape index (κ3) is 3.30. The van der Waals surface area contributed by atoms with Gasteiger partial charge in [0, 0.05) is 32.1 Å². The van der Waals surface area contributed by atoms with Crippen molar-refractivity contribution >= 4 is 17.8 Å². The van der Waals surface area contributed by atoms with E-state index in [9.17, 15) is 23.9 Å². The molecule has 0 aromatic heterocycles. The smallest absolute Gasteiger partial charge is 0.326 e. The Labute approximate surface area is 151 Å². The monoisotopic (exact) mass is 362 g/mol. The number of halogens is 1. The maximum absolute atomic E-state index is 13.7. The van der Waals surface area contributed by atoms with Gasteiger partial charge in [-0.25, -0.2) is 9.18 Å². The number of aryl methyl sites for hydroxylation is 1. The number of piperidine rings is 1. The van der Waals surface area contributed by atoms with Crippen LogP contribution in [-0.2, 0) is 9.59 Å². The van der Waals surface area contributed by atoms with E-state index in [0.717, 1.165) is 0 Å². The Bertz CT molecular complexity index is 732. The Morgan fingerprint density at radius 2 is 1.88 bits per heavy atom. The van der Waals surface area contributed by atoms with Crippen molar-refractivity contribution in [1.82, 2.24) is 9.80 Å². The predicted octanol–water partition coefficient (Wildman–Crippen LogP) is 2.06. The van der Waals surface area contributed by atoms with E-state index in [2.05, 4.69) is 0 Å². The summed E-state index contributed by atoms with van der Waals surface area (Å²) in [4.78, 5) is 39.0. The lowest BCUT2D eigenvalue weighted by Gasteiger charge is -2.39. The maximum Gasteiger partial charge on any atom is 0.326 e. The van der Waals surface area contributed by atoms with Crippen LogP contribution in [0.5, 0.6) is 0 Å². The van der Waals surface area contributed by atoms with Crippen LogP contribution in [0.15, 0.2) is 18.2 Å². The van der Waals surface area contributed by atoms with Gasteiger partial charge in [-0.1, -0.05) is 6.07 Å². The van der Waals surface area contributed by atoms with Crippen LogP contribution in [0.2, 0.25) is 0 Å². The van der Waals surface area contributed by atoms with Crippen molar-refractivity contribution < 1.29 is 23.9 Å². The second-order valence-corrected chi connectivity index (χ2v) is 7.46. The number of rotatable bonds is 2. The molecule has 0 unspecified atom stereocenters. The minimum atomic E-state index is -0.981. The average molecular weight is 362 g/mol. The van der Waals surface area contributed by atoms with Gasteiger partial charge in [0.05, 0.1) is 0 Å². The largest absolute Gasteiger partial charge is 0.480 e. The molecule has 2 fully saturated rings. The fourth-order valence-corrected chi connectivity index (χ4v) is 4.06. The third-order valence-electron chi connectivity index (χ3n) is 5.73. The second-order valence-electron chi connectivity index (χ2n) is 7.46. The maximum atomic E-state index is 13.7. The molecular formula is C19H23FN2O4. The number of carboxylic acid groups (broad SMARTS) is 1. The summed E-state index contributed by atoms with van der Waals surface area (Å²) in [7, 11) is 0. The predicted molar refractivity (Wildman–Crippen MR) is 92.1 cm³/mol. The summed E-state index contributed by atoms with van der Waals surface area (Å²) in [6.07, 6.45) is 1.70. The highest BCUT2D eigenvalue weighted by atomic mass is 19.1. The molecular weight excluding hydrogens is 339 g/mol. The molecule has 0 aliphatic carbocycles. The molecule has 0 bridgehead atoms. The molecule has 0 saturated carbocycles. The zero-order chi connectivity index (χ0) is 19.1. The minimum absolute atomic E-state index is 0.213. The SMILES string of the molecule is CC(=O)N1CC2(CCN(C(=O)c3ccc(C)c(F)c3)CC2)C[C@@H]1C(=O)O. The van der Waals surface area contributed by atoms with E-state index in [-0.39, 0.29) is 17.2 Å². The van der Waals surface area contributed by atoms with Crippen molar-refractivity contribution in [2.24, 2.45) is 5.41 Å². The molecule has 0 radical (unpaired) electrons. The van der Waals surface area contributed by atoms with Gasteiger partial charge in [-0.2, -0.15) is 0 Å². The standard InChI is InChI=1S/C19H23FN2O4/c1-12-3-4-14(9-15(12)20)17(24)21-7-5-19(6-8-21)10-16(18(25)26)22(11-19)13(2)23/h3-4,9,16H,5-8,10-11H2,1-2H3,(H,25,26)/t16-/m1/s1. The number of benzene rings is 1. The number of carbonyl (C=O) groups is 3. The summed E-state index contributed by atoms with van der Waals surface area (Å²) in [6, 6.07) is 3.68. The third-order valence-corrected chi connectivity index (χ3v) is 5.73. The quantitative estimate of drug-likeness (QED) is 0.874. The molecule has 7 heteroatoms. The summed E-state index contributed by atoms with van der Waals surface area (Å²) in [5, 5.41) is 9.39. The zero-order valence-electron chi connectivity index (χ0n) is 15.0. The molecule has 3 rings (SSSR count). The van der Waals surface area contributed by atoms with Gasteiger partial charge in [0.1, 0.15) is 11.9 Å². The van der Waals surface area contributed by atoms with Crippen LogP contribution in [0, 0.1) is 18.2 Å². The van der Waals surface area contributed by atoms with Crippen molar-refractivity contribution in [2.45, 2.75) is 39.2 Å². The lowest BCUT2D eigenvalue weighted by molar-refractivity contribution is -0.147. The van der Waals surface area contributed by atoms with Crippen LogP contribution in [0.25, 0.3) is 0 Å². The number of carboxylic acids is 1. The van der Waals surface area contributed by atoms with Gasteiger partial charge in [-0.15, -0.1) is 0 Å². The average Bonchev–Trinajstić information content (AvgIpc) is 2.97. The Balaban J connectivity index is 1.69. The van der Waals surface area contributed by atoms with Gasteiger partial charge in [0.25, 0.3) is 5.91 Å². The number of likely N-dealkylation sites (tertiary alicyclic amines) is 2. The number of hydrogen-bond acceptors (Lipinski definition) is 3. The number of carbonyl (C=O) groups excluding carboxylic acids is 2. The van der Waals surface area contributed by atoms with Gasteiger partial charge in [-0.3, -0.25) is 9.59 Å². The van der Waals surface area contributed by atoms with Crippen molar-refractivity contribution in [2.75, 3.05) is 19.6 Å². The lowest BCUT2D eigenvalue weighted by Crippen LogP contribution is -2.44. The number of hydrogen-bond donors (Lipinski definition) is 1. The highest BCUT2D eigenvalue weighted by Gasteiger charge is 2.49. The molecule has 1 aromatic rings. The van der Waals surface area contributed by atoms with Gasteiger partial charge >= 0.3 is 5.97 Å². The molecule has 1 N–H and O–H groups in total. The Morgan fingerprint density at radius 3 is 2.38 bits per heavy atom. The zero-order valence-corrected chi connectivity index (χ0v) is 15.0. The Kier molecular flexibility index (Phi) is 4.73. The van der Waals surface area contributed by atoms with E-state index in [1.807, 2.05) is 0 Å². The van der Waals surface area contributed by atoms with E-state index in [1.165, 1.54) is 17.9 Å². The van der Waals surface area contributed by atoms with E-state index >= 15 is 0 Å². The van der Waals surface area contributed by atoms with E-state index in [1.54, 1.807) is 24.0 Å². The van der Waals surface area contributed by atoms with Gasteiger partial charge in [-0.05, 0) is 49.3 Å². The van der Waals surface area contributed by atoms with Crippen LogP contribution >= 0.6 is 0 Å². The van der Waals surface area contributed by atoms with Crippen LogP contribution in [0.4, 0.5) is 4.39 Å². The van der Waals surface area contributed by atoms with Crippen LogP contribution < -0.4 is 0 Å². The first-order chi connectivity index (χ1) is 12.2. The molecule has 2 aliphatic heterocycles. The van der Waals surface area contributed by atoms with Crippen molar-refractivity contribution in [3.8, 4) is 0 Å². The summed E-state index contributed by atoms with van der Waals surface area (Å²) < 4.78 is 13.7. The van der Waals surface area contributed by atoms with Gasteiger partial charge < -0.3 is 14.9 Å². The number of nitrogens with zero attached hydrogens (tertiary/aromatic N) is 2. The molecule has 1 aromatic carbocycles. The summed E-state index contributed by atoms with van der Waals surface area (Å²) in [5.74, 6) is -1.83. The molecule has 1 atom stereocenters. The molecule has 1 spiro atoms. The van der Waals surface area contributed by atoms with E-state index in [0.29, 0.717) is 50.0 Å². The fraction of sp³-hybridized carbons (Fsp3) is 0.526. The first-order valence-electron chi connectivity index (χ1n) is 8.78. The van der Waals surface area contributed by atoms with Crippen molar-refractivity contribution in [3.05, 3.63) is 35.1 Å². The topological polar surface area (TPSA) is 77.9 Å². The van der Waals surface area contributed by atoms with Crippen molar-refractivity contribution in [3.63, 3.8) is 0 Å². The molecule has 6 nitrogen and oxygen atoms in total. The molecule has 2 amide bonds. The first kappa shape index (κ1) is 18.4. The van der Waals surface area contributed by atoms with Crippen LogP contribution in [0.1, 0.15) is 42.1 Å². The van der Waals surface area contributed by atoms with Crippen molar-refractivity contribution in [1.29, 1.82) is 0 Å². The number of aliphatic carboxylic acids is 1. The van der Waals surface area contributed by atoms with E-state index < -0.39 is 17.8 Å². The van der Waals surface area contributed by atoms with Crippen LogP contribution in [-0.4, -0.2) is 58.4 Å². The second kappa shape index (κ2) is 6.70. The highest BCUT2D eigenvalue weighted by Crippen LogP contribution is 2.43. The fourth-order valence-electron chi connectivity index (χ4n) is 4.06. The Hall–Kier alpha value is -2.44. The first-order valence-corrected chi connectivity index (χ1v) is 8.78. The molecule has 26 heavy (non-hydrogen) atoms. The number of amides is 2. The highest BCUT2D eigenvalue weighted by molar-refractivity contribution is 5.94. The molecule has 140 valence electrons. The minimum Gasteiger partial charge on any atom is -0.480 e. The molecule has 2 saturated heterocycles. The summed E-state index contributed by atoms with van der Waals surface area (Å²) >= 11 is 0.